The Morgan fingerprint density at radius 1 is 1.03 bits per heavy atom. The number of phenols is 2. The molecule has 0 amide bonds. The zero-order valence-corrected chi connectivity index (χ0v) is 15.8. The summed E-state index contributed by atoms with van der Waals surface area (Å²) in [5.41, 5.74) is -0.629. The van der Waals surface area contributed by atoms with E-state index in [9.17, 15) is 45.3 Å². The van der Waals surface area contributed by atoms with Crippen LogP contribution in [0, 0.1) is 11.8 Å². The monoisotopic (exact) mass is 430 g/mol. The average molecular weight is 430 g/mol. The second-order valence-corrected chi connectivity index (χ2v) is 7.50. The van der Waals surface area contributed by atoms with Crippen molar-refractivity contribution in [1.29, 1.82) is 0 Å². The van der Waals surface area contributed by atoms with Crippen molar-refractivity contribution in [2.75, 3.05) is 0 Å². The predicted molar refractivity (Wildman–Crippen MR) is 103 cm³/mol. The Kier molecular flexibility index (Phi) is 4.66. The van der Waals surface area contributed by atoms with Gasteiger partial charge in [0.25, 0.3) is 0 Å². The molecule has 0 fully saturated rings. The first-order valence-electron chi connectivity index (χ1n) is 9.22. The first-order chi connectivity index (χ1) is 14.6. The molecule has 7 N–H and O–H groups in total. The molecule has 10 nitrogen and oxygen atoms in total. The summed E-state index contributed by atoms with van der Waals surface area (Å²) in [7, 11) is 0. The minimum absolute atomic E-state index is 0.0596. The molecule has 1 aromatic carbocycles. The molecule has 4 rings (SSSR count). The van der Waals surface area contributed by atoms with Crippen molar-refractivity contribution in [2.45, 2.75) is 18.6 Å². The maximum Gasteiger partial charge on any atom is 0.335 e. The highest BCUT2D eigenvalue weighted by atomic mass is 16.5. The van der Waals surface area contributed by atoms with Crippen molar-refractivity contribution in [3.8, 4) is 17.2 Å². The van der Waals surface area contributed by atoms with E-state index in [-0.39, 0.29) is 29.2 Å². The van der Waals surface area contributed by atoms with Crippen molar-refractivity contribution in [2.24, 2.45) is 11.8 Å². The number of fused-ring (bicyclic) bond motifs is 2. The maximum absolute atomic E-state index is 12.5. The van der Waals surface area contributed by atoms with Crippen LogP contribution in [0.5, 0.6) is 17.2 Å². The Morgan fingerprint density at radius 3 is 2.42 bits per heavy atom. The summed E-state index contributed by atoms with van der Waals surface area (Å²) in [6, 6.07) is 2.31. The average Bonchev–Trinajstić information content (AvgIpc) is 2.82. The molecular weight excluding hydrogens is 412 g/mol. The lowest BCUT2D eigenvalue weighted by atomic mass is 9.72. The third-order valence-electron chi connectivity index (χ3n) is 5.58. The number of carboxylic acids is 1. The number of hydrogen-bond donors (Lipinski definition) is 7. The SMILES string of the molecule is O=C(O)C1=CC2C(=C(O)C(O)=C1)C(=O)C(O)=CC2[C@H]1Oc2cc(O)cc(O)c2C[C@H]1O. The molecule has 2 unspecified atom stereocenters. The largest absolute Gasteiger partial charge is 0.508 e. The summed E-state index contributed by atoms with van der Waals surface area (Å²) in [6.45, 7) is 0. The summed E-state index contributed by atoms with van der Waals surface area (Å²) in [5.74, 6) is -7.73. The standard InChI is InChI=1S/C21H18O10/c22-8-3-12(23)11-6-15(26)20(31-16(11)4-8)10-5-14(25)19(28)17-9(10)1-7(21(29)30)2-13(24)18(17)27/h1-5,9-10,15,20,22-27H,6H2,(H,29,30)/t9?,10?,15-,20-/m1/s1. The summed E-state index contributed by atoms with van der Waals surface area (Å²) in [5, 5.41) is 70.4. The van der Waals surface area contributed by atoms with Gasteiger partial charge in [0.1, 0.15) is 23.4 Å². The summed E-state index contributed by atoms with van der Waals surface area (Å²) < 4.78 is 5.78. The van der Waals surface area contributed by atoms with Crippen LogP contribution in [0.25, 0.3) is 0 Å². The third-order valence-corrected chi connectivity index (χ3v) is 5.58. The Hall–Kier alpha value is -3.92. The van der Waals surface area contributed by atoms with Crippen molar-refractivity contribution < 1.29 is 50.1 Å². The van der Waals surface area contributed by atoms with E-state index in [1.54, 1.807) is 0 Å². The Labute approximate surface area is 174 Å². The summed E-state index contributed by atoms with van der Waals surface area (Å²) in [6.07, 6.45) is 0.455. The van der Waals surface area contributed by atoms with Gasteiger partial charge in [-0.05, 0) is 12.2 Å². The number of aliphatic hydroxyl groups excluding tert-OH is 4. The fourth-order valence-electron chi connectivity index (χ4n) is 4.14. The number of hydrogen-bond acceptors (Lipinski definition) is 9. The highest BCUT2D eigenvalue weighted by Gasteiger charge is 2.46. The fourth-order valence-corrected chi connectivity index (χ4v) is 4.14. The molecule has 31 heavy (non-hydrogen) atoms. The van der Waals surface area contributed by atoms with Gasteiger partial charge < -0.3 is 40.5 Å². The smallest absolute Gasteiger partial charge is 0.335 e. The van der Waals surface area contributed by atoms with Gasteiger partial charge in [0.2, 0.25) is 5.78 Å². The van der Waals surface area contributed by atoms with Gasteiger partial charge in [0.15, 0.2) is 17.3 Å². The molecular formula is C21H18O10. The number of ketones is 1. The van der Waals surface area contributed by atoms with Gasteiger partial charge in [-0.3, -0.25) is 4.79 Å². The molecule has 0 saturated heterocycles. The predicted octanol–water partition coefficient (Wildman–Crippen LogP) is 1.30. The minimum atomic E-state index is -1.43. The lowest BCUT2D eigenvalue weighted by Gasteiger charge is -2.39. The highest BCUT2D eigenvalue weighted by molar-refractivity contribution is 6.09. The van der Waals surface area contributed by atoms with E-state index in [1.165, 1.54) is 6.07 Å². The van der Waals surface area contributed by atoms with Crippen molar-refractivity contribution in [3.05, 3.63) is 64.3 Å². The number of rotatable bonds is 2. The molecule has 0 aromatic heterocycles. The van der Waals surface area contributed by atoms with Crippen LogP contribution in [0.1, 0.15) is 5.56 Å². The third kappa shape index (κ3) is 3.26. The minimum Gasteiger partial charge on any atom is -0.508 e. The first kappa shape index (κ1) is 20.4. The molecule has 0 bridgehead atoms. The van der Waals surface area contributed by atoms with E-state index in [0.717, 1.165) is 24.3 Å². The highest BCUT2D eigenvalue weighted by Crippen LogP contribution is 2.44. The molecule has 2 aliphatic carbocycles. The topological polar surface area (TPSA) is 185 Å². The fraction of sp³-hybridized carbons (Fsp3) is 0.238. The number of allylic oxidation sites excluding steroid dienone is 2. The van der Waals surface area contributed by atoms with Crippen molar-refractivity contribution in [3.63, 3.8) is 0 Å². The van der Waals surface area contributed by atoms with Gasteiger partial charge in [-0.2, -0.15) is 0 Å². The number of carbonyl (C=O) groups excluding carboxylic acids is 1. The van der Waals surface area contributed by atoms with Crippen LogP contribution in [-0.4, -0.2) is 59.7 Å². The molecule has 4 atom stereocenters. The van der Waals surface area contributed by atoms with Crippen LogP contribution >= 0.6 is 0 Å². The molecule has 1 heterocycles. The zero-order valence-electron chi connectivity index (χ0n) is 15.8. The molecule has 0 spiro atoms. The Morgan fingerprint density at radius 2 is 1.74 bits per heavy atom. The van der Waals surface area contributed by atoms with Gasteiger partial charge in [-0.15, -0.1) is 0 Å². The second-order valence-electron chi connectivity index (χ2n) is 7.50. The lowest BCUT2D eigenvalue weighted by Crippen LogP contribution is -2.47. The number of aromatic hydroxyl groups is 2. The van der Waals surface area contributed by atoms with Crippen LogP contribution < -0.4 is 4.74 Å². The number of phenolic OH excluding ortho intramolecular Hbond substituents is 2. The summed E-state index contributed by atoms with van der Waals surface area (Å²) in [4.78, 5) is 24.1. The van der Waals surface area contributed by atoms with Gasteiger partial charge in [0.05, 0.1) is 17.3 Å². The second kappa shape index (κ2) is 7.10. The zero-order chi connectivity index (χ0) is 22.6. The Balaban J connectivity index is 1.85. The van der Waals surface area contributed by atoms with Gasteiger partial charge in [-0.25, -0.2) is 4.79 Å². The number of carbonyl (C=O) groups is 2. The van der Waals surface area contributed by atoms with Crippen molar-refractivity contribution >= 4 is 11.8 Å². The van der Waals surface area contributed by atoms with E-state index in [1.807, 2.05) is 0 Å². The summed E-state index contributed by atoms with van der Waals surface area (Å²) >= 11 is 0. The Bertz CT molecular complexity index is 1120. The van der Waals surface area contributed by atoms with Gasteiger partial charge in [0, 0.05) is 36.0 Å². The molecule has 0 saturated carbocycles. The van der Waals surface area contributed by atoms with E-state index >= 15 is 0 Å². The number of ether oxygens (including phenoxy) is 1. The van der Waals surface area contributed by atoms with Crippen molar-refractivity contribution in [1.82, 2.24) is 0 Å². The molecule has 1 aromatic rings. The van der Waals surface area contributed by atoms with Crippen LogP contribution in [0.2, 0.25) is 0 Å². The normalized spacial score (nSPS) is 27.8. The molecule has 0 radical (unpaired) electrons. The number of Topliss-reactive ketones (excluding diaryl/α,β-unsaturated/α-hetero) is 1. The quantitative estimate of drug-likeness (QED) is 0.361. The van der Waals surface area contributed by atoms with Gasteiger partial charge >= 0.3 is 5.97 Å². The van der Waals surface area contributed by atoms with E-state index in [0.29, 0.717) is 0 Å². The number of benzene rings is 1. The van der Waals surface area contributed by atoms with Crippen LogP contribution in [0.4, 0.5) is 0 Å². The van der Waals surface area contributed by atoms with Gasteiger partial charge in [-0.1, -0.05) is 6.08 Å². The van der Waals surface area contributed by atoms with E-state index in [2.05, 4.69) is 0 Å². The number of aliphatic carboxylic acids is 1. The lowest BCUT2D eigenvalue weighted by molar-refractivity contribution is -0.132. The number of aliphatic hydroxyl groups is 4. The molecule has 1 aliphatic heterocycles. The van der Waals surface area contributed by atoms with Crippen LogP contribution in [-0.2, 0) is 16.0 Å². The van der Waals surface area contributed by atoms with Crippen LogP contribution in [0.15, 0.2) is 58.8 Å². The molecule has 162 valence electrons. The maximum atomic E-state index is 12.5. The van der Waals surface area contributed by atoms with E-state index < -0.39 is 64.2 Å². The molecule has 3 aliphatic rings. The van der Waals surface area contributed by atoms with Crippen LogP contribution in [0.3, 0.4) is 0 Å². The first-order valence-corrected chi connectivity index (χ1v) is 9.22. The number of carboxylic acid groups (broad SMARTS) is 1. The molecule has 10 heteroatoms. The van der Waals surface area contributed by atoms with E-state index in [4.69, 9.17) is 4.74 Å².